The zero-order valence-electron chi connectivity index (χ0n) is 13.1. The average molecular weight is 371 g/mol. The lowest BCUT2D eigenvalue weighted by molar-refractivity contribution is -0.148. The molecule has 0 aliphatic rings. The van der Waals surface area contributed by atoms with Crippen molar-refractivity contribution < 1.29 is 33.0 Å². The van der Waals surface area contributed by atoms with Crippen molar-refractivity contribution in [3.63, 3.8) is 0 Å². The molecule has 6 nitrogen and oxygen atoms in total. The molecule has 0 aliphatic carbocycles. The first-order valence-electron chi connectivity index (χ1n) is 7.09. The fourth-order valence-electron chi connectivity index (χ4n) is 1.96. The molecule has 25 heavy (non-hydrogen) atoms. The third kappa shape index (κ3) is 5.23. The number of carboxylic acids is 1. The molecule has 1 amide bonds. The van der Waals surface area contributed by atoms with E-state index in [1.807, 2.05) is 0 Å². The van der Waals surface area contributed by atoms with Gasteiger partial charge in [0.15, 0.2) is 6.10 Å². The van der Waals surface area contributed by atoms with Gasteiger partial charge >= 0.3 is 12.6 Å². The summed E-state index contributed by atoms with van der Waals surface area (Å²) in [7, 11) is 1.25. The Bertz CT molecular complexity index is 732. The lowest BCUT2D eigenvalue weighted by Gasteiger charge is -2.10. The number of rotatable bonds is 8. The largest absolute Gasteiger partial charge is 0.479 e. The van der Waals surface area contributed by atoms with Crippen molar-refractivity contribution in [3.05, 3.63) is 41.3 Å². The molecule has 0 radical (unpaired) electrons. The first kappa shape index (κ1) is 18.8. The minimum Gasteiger partial charge on any atom is -0.479 e. The van der Waals surface area contributed by atoms with Crippen LogP contribution in [0.4, 0.5) is 8.78 Å². The SMILES string of the molecule is COC(CNC(=O)c1ccc(-c2ccc(OC(F)F)cc2)s1)C(=O)O. The summed E-state index contributed by atoms with van der Waals surface area (Å²) in [5.74, 6) is -1.54. The number of hydrogen-bond acceptors (Lipinski definition) is 5. The van der Waals surface area contributed by atoms with Crippen LogP contribution in [-0.2, 0) is 9.53 Å². The molecule has 1 atom stereocenters. The molecule has 0 spiro atoms. The van der Waals surface area contributed by atoms with Crippen molar-refractivity contribution >= 4 is 23.2 Å². The molecule has 134 valence electrons. The Hall–Kier alpha value is -2.52. The zero-order valence-corrected chi connectivity index (χ0v) is 13.9. The van der Waals surface area contributed by atoms with Gasteiger partial charge in [0.2, 0.25) is 0 Å². The second-order valence-corrected chi connectivity index (χ2v) is 5.92. The molecular formula is C16H15F2NO5S. The number of benzene rings is 1. The maximum absolute atomic E-state index is 12.1. The van der Waals surface area contributed by atoms with E-state index >= 15 is 0 Å². The third-order valence-electron chi connectivity index (χ3n) is 3.20. The normalized spacial score (nSPS) is 12.0. The van der Waals surface area contributed by atoms with Gasteiger partial charge in [-0.25, -0.2) is 4.79 Å². The summed E-state index contributed by atoms with van der Waals surface area (Å²) >= 11 is 1.19. The Morgan fingerprint density at radius 3 is 2.44 bits per heavy atom. The number of hydrogen-bond donors (Lipinski definition) is 2. The Balaban J connectivity index is 2.01. The summed E-state index contributed by atoms with van der Waals surface area (Å²) in [6.45, 7) is -3.04. The van der Waals surface area contributed by atoms with Crippen molar-refractivity contribution in [1.29, 1.82) is 0 Å². The fraction of sp³-hybridized carbons (Fsp3) is 0.250. The Labute approximate surface area is 146 Å². The van der Waals surface area contributed by atoms with Crippen LogP contribution in [0.25, 0.3) is 10.4 Å². The minimum absolute atomic E-state index is 0.0487. The van der Waals surface area contributed by atoms with Gasteiger partial charge in [-0.2, -0.15) is 8.78 Å². The summed E-state index contributed by atoms with van der Waals surface area (Å²) in [5.41, 5.74) is 0.742. The van der Waals surface area contributed by atoms with Crippen LogP contribution in [0.2, 0.25) is 0 Å². The number of aliphatic carboxylic acids is 1. The predicted octanol–water partition coefficient (Wildman–Crippen LogP) is 2.85. The molecule has 1 aromatic heterocycles. The minimum atomic E-state index is -2.88. The van der Waals surface area contributed by atoms with Gasteiger partial charge in [-0.05, 0) is 42.0 Å². The molecule has 9 heteroatoms. The van der Waals surface area contributed by atoms with Crippen molar-refractivity contribution in [2.75, 3.05) is 13.7 Å². The monoisotopic (exact) mass is 371 g/mol. The molecule has 0 bridgehead atoms. The highest BCUT2D eigenvalue weighted by Crippen LogP contribution is 2.29. The fourth-order valence-corrected chi connectivity index (χ4v) is 2.89. The van der Waals surface area contributed by atoms with Gasteiger partial charge in [0.05, 0.1) is 11.4 Å². The predicted molar refractivity (Wildman–Crippen MR) is 87.2 cm³/mol. The van der Waals surface area contributed by atoms with Crippen LogP contribution in [0.1, 0.15) is 9.67 Å². The number of carbonyl (C=O) groups excluding carboxylic acids is 1. The van der Waals surface area contributed by atoms with Gasteiger partial charge in [0.25, 0.3) is 5.91 Å². The van der Waals surface area contributed by atoms with Crippen LogP contribution in [0.15, 0.2) is 36.4 Å². The third-order valence-corrected chi connectivity index (χ3v) is 4.33. The second kappa shape index (κ2) is 8.54. The summed E-state index contributed by atoms with van der Waals surface area (Å²) in [6.07, 6.45) is -1.12. The number of ether oxygens (including phenoxy) is 2. The molecule has 0 fully saturated rings. The Morgan fingerprint density at radius 1 is 1.20 bits per heavy atom. The highest BCUT2D eigenvalue weighted by Gasteiger charge is 2.18. The first-order chi connectivity index (χ1) is 11.9. The van der Waals surface area contributed by atoms with Crippen molar-refractivity contribution in [2.24, 2.45) is 0 Å². The number of alkyl halides is 2. The van der Waals surface area contributed by atoms with E-state index in [-0.39, 0.29) is 12.3 Å². The molecule has 0 saturated carbocycles. The highest BCUT2D eigenvalue weighted by molar-refractivity contribution is 7.17. The van der Waals surface area contributed by atoms with E-state index in [1.165, 1.54) is 30.6 Å². The highest BCUT2D eigenvalue weighted by atomic mass is 32.1. The Kier molecular flexibility index (Phi) is 6.43. The van der Waals surface area contributed by atoms with E-state index < -0.39 is 24.6 Å². The quantitative estimate of drug-likeness (QED) is 0.745. The molecule has 0 aliphatic heterocycles. The summed E-state index contributed by atoms with van der Waals surface area (Å²) in [6, 6.07) is 9.36. The standard InChI is InChI=1S/C16H15F2NO5S/c1-23-11(15(21)22)8-19-14(20)13-7-6-12(25-13)9-2-4-10(5-3-9)24-16(17)18/h2-7,11,16H,8H2,1H3,(H,19,20)(H,21,22). The number of thiophene rings is 1. The zero-order chi connectivity index (χ0) is 18.4. The van der Waals surface area contributed by atoms with E-state index in [0.717, 1.165) is 10.4 Å². The van der Waals surface area contributed by atoms with Gasteiger partial charge in [-0.3, -0.25) is 4.79 Å². The topological polar surface area (TPSA) is 84.9 Å². The second-order valence-electron chi connectivity index (χ2n) is 4.84. The van der Waals surface area contributed by atoms with Crippen molar-refractivity contribution in [2.45, 2.75) is 12.7 Å². The van der Waals surface area contributed by atoms with Crippen LogP contribution in [0.5, 0.6) is 5.75 Å². The van der Waals surface area contributed by atoms with Crippen molar-refractivity contribution in [1.82, 2.24) is 5.32 Å². The van der Waals surface area contributed by atoms with E-state index in [4.69, 9.17) is 9.84 Å². The van der Waals surface area contributed by atoms with E-state index in [0.29, 0.717) is 4.88 Å². The summed E-state index contributed by atoms with van der Waals surface area (Å²) in [5, 5.41) is 11.3. The van der Waals surface area contributed by atoms with Gasteiger partial charge in [-0.15, -0.1) is 11.3 Å². The number of methoxy groups -OCH3 is 1. The van der Waals surface area contributed by atoms with Gasteiger partial charge in [0, 0.05) is 12.0 Å². The molecule has 1 aromatic carbocycles. The number of amides is 1. The van der Waals surface area contributed by atoms with E-state index in [1.54, 1.807) is 24.3 Å². The maximum atomic E-state index is 12.1. The Morgan fingerprint density at radius 2 is 1.88 bits per heavy atom. The molecule has 2 aromatic rings. The molecule has 1 heterocycles. The van der Waals surface area contributed by atoms with Gasteiger partial charge < -0.3 is 19.9 Å². The number of carboxylic acid groups (broad SMARTS) is 1. The molecule has 2 rings (SSSR count). The lowest BCUT2D eigenvalue weighted by Crippen LogP contribution is -2.37. The molecule has 0 saturated heterocycles. The van der Waals surface area contributed by atoms with Gasteiger partial charge in [-0.1, -0.05) is 0 Å². The number of nitrogens with one attached hydrogen (secondary N) is 1. The lowest BCUT2D eigenvalue weighted by atomic mass is 10.2. The number of carbonyl (C=O) groups is 2. The number of halogens is 2. The van der Waals surface area contributed by atoms with Crippen LogP contribution >= 0.6 is 11.3 Å². The van der Waals surface area contributed by atoms with Crippen LogP contribution in [0, 0.1) is 0 Å². The van der Waals surface area contributed by atoms with Crippen molar-refractivity contribution in [3.8, 4) is 16.2 Å². The van der Waals surface area contributed by atoms with Crippen LogP contribution in [-0.4, -0.2) is 43.4 Å². The molecule has 1 unspecified atom stereocenters. The average Bonchev–Trinajstić information content (AvgIpc) is 3.05. The van der Waals surface area contributed by atoms with Gasteiger partial charge in [0.1, 0.15) is 5.75 Å². The summed E-state index contributed by atoms with van der Waals surface area (Å²) < 4.78 is 33.3. The van der Waals surface area contributed by atoms with E-state index in [9.17, 15) is 18.4 Å². The summed E-state index contributed by atoms with van der Waals surface area (Å²) in [4.78, 5) is 24.0. The molecule has 2 N–H and O–H groups in total. The van der Waals surface area contributed by atoms with Crippen LogP contribution in [0.3, 0.4) is 0 Å². The first-order valence-corrected chi connectivity index (χ1v) is 7.91. The smallest absolute Gasteiger partial charge is 0.387 e. The molecular weight excluding hydrogens is 356 g/mol. The maximum Gasteiger partial charge on any atom is 0.387 e. The van der Waals surface area contributed by atoms with Crippen LogP contribution < -0.4 is 10.1 Å². The van der Waals surface area contributed by atoms with E-state index in [2.05, 4.69) is 10.1 Å².